The van der Waals surface area contributed by atoms with Gasteiger partial charge >= 0.3 is 0 Å². The molecule has 0 radical (unpaired) electrons. The Kier molecular flexibility index (Phi) is 52.1. The molecule has 5 aromatic rings. The topological polar surface area (TPSA) is 701 Å². The van der Waals surface area contributed by atoms with Gasteiger partial charge < -0.3 is 134 Å². The minimum atomic E-state index is -1.69. The van der Waals surface area contributed by atoms with E-state index in [4.69, 9.17) is 33.8 Å². The lowest BCUT2D eigenvalue weighted by Gasteiger charge is -2.28. The summed E-state index contributed by atoms with van der Waals surface area (Å²) < 4.78 is 0. The van der Waals surface area contributed by atoms with Gasteiger partial charge in [0, 0.05) is 73.0 Å². The van der Waals surface area contributed by atoms with Crippen LogP contribution in [0.15, 0.2) is 85.2 Å². The zero-order valence-corrected chi connectivity index (χ0v) is 81.6. The molecule has 0 unspecified atom stereocenters. The molecule has 2 aromatic heterocycles. The van der Waals surface area contributed by atoms with Crippen LogP contribution < -0.4 is 113 Å². The number of aromatic nitrogens is 2. The van der Waals surface area contributed by atoms with Crippen molar-refractivity contribution < 1.29 is 86.9 Å². The highest BCUT2D eigenvalue weighted by Gasteiger charge is 2.38. The molecule has 3 aromatic carbocycles. The summed E-state index contributed by atoms with van der Waals surface area (Å²) >= 11 is 0. The molecule has 139 heavy (non-hydrogen) atoms. The number of aromatic amines is 2. The van der Waals surface area contributed by atoms with Gasteiger partial charge in [0.2, 0.25) is 94.5 Å². The lowest BCUT2D eigenvalue weighted by molar-refractivity contribution is -0.136. The van der Waals surface area contributed by atoms with Crippen LogP contribution in [0.2, 0.25) is 0 Å². The van der Waals surface area contributed by atoms with Crippen molar-refractivity contribution in [3.05, 3.63) is 102 Å². The molecule has 43 heteroatoms. The summed E-state index contributed by atoms with van der Waals surface area (Å²) in [5.41, 5.74) is 25.3. The number of phenolic OH excluding ortho intramolecular Hbond substituents is 1. The Morgan fingerprint density at radius 3 is 1.14 bits per heavy atom. The van der Waals surface area contributed by atoms with Gasteiger partial charge in [0.15, 0.2) is 11.9 Å². The van der Waals surface area contributed by atoms with Gasteiger partial charge in [-0.05, 0) is 138 Å². The molecule has 16 amide bonds. The first kappa shape index (κ1) is 116. The van der Waals surface area contributed by atoms with Crippen molar-refractivity contribution in [2.24, 2.45) is 34.8 Å². The van der Waals surface area contributed by atoms with Gasteiger partial charge in [0.05, 0.1) is 19.7 Å². The SMILES string of the molecule is CCCCCCCCCCCCCCCCCC(=O)NCC(=O)N[C@@H](Cc1c[nH]c2ccccc12)C(=O)N[C@@H](Cc1c[nH]c2ccccc12)C(=O)N[C@@H](Cc1ccc(O)cc1)C(=O)N[C@@H](CCCCN)C(=O)NCC(=O)N[C@@H](CCCNC(=N)N)C(=O)N[C@@H](C)C(=O)N[C@@H](CCCNC(=N)N)C(=O)N[C@@H](C)C(=O)N[C@H](C(=O)N[C@@H](CO)C(=O)N[C@@H](C)C(=O)N[C@H](C(=O)N[C@@H](C)C(N)=O)C(C)C)C(C)C. The molecule has 0 aliphatic rings. The van der Waals surface area contributed by atoms with Crippen LogP contribution in [-0.4, -0.2) is 244 Å². The Morgan fingerprint density at radius 2 is 0.698 bits per heavy atom. The third-order valence-electron chi connectivity index (χ3n) is 23.6. The number of aliphatic hydroxyl groups excluding tert-OH is 1. The predicted octanol–water partition coefficient (Wildman–Crippen LogP) is 0.704. The van der Waals surface area contributed by atoms with Gasteiger partial charge in [-0.1, -0.05) is 173 Å². The van der Waals surface area contributed by atoms with E-state index in [9.17, 15) is 72.5 Å². The maximum atomic E-state index is 15.4. The summed E-state index contributed by atoms with van der Waals surface area (Å²) in [6, 6.07) is 1.98. The van der Waals surface area contributed by atoms with E-state index >= 15 is 14.4 Å². The first-order valence-corrected chi connectivity index (χ1v) is 48.4. The van der Waals surface area contributed by atoms with Crippen LogP contribution >= 0.6 is 0 Å². The smallest absolute Gasteiger partial charge is 0.245 e. The zero-order chi connectivity index (χ0) is 103. The molecular weight excluding hydrogens is 1790 g/mol. The van der Waals surface area contributed by atoms with Crippen LogP contribution in [0.3, 0.4) is 0 Å². The van der Waals surface area contributed by atoms with Crippen LogP contribution in [0, 0.1) is 22.7 Å². The van der Waals surface area contributed by atoms with Gasteiger partial charge in [-0.25, -0.2) is 0 Å². The first-order valence-electron chi connectivity index (χ1n) is 48.4. The van der Waals surface area contributed by atoms with E-state index in [1.807, 2.05) is 42.5 Å². The predicted molar refractivity (Wildman–Crippen MR) is 526 cm³/mol. The second kappa shape index (κ2) is 62.4. The van der Waals surface area contributed by atoms with Crippen molar-refractivity contribution in [3.8, 4) is 5.75 Å². The average Bonchev–Trinajstić information content (AvgIpc) is 1.65. The Labute approximate surface area is 812 Å². The number of carbonyl (C=O) groups is 16. The van der Waals surface area contributed by atoms with Gasteiger partial charge in [-0.2, -0.15) is 0 Å². The number of nitrogens with one attached hydrogen (secondary N) is 21. The number of aliphatic hydroxyl groups is 1. The number of guanidine groups is 2. The number of para-hydroxylation sites is 2. The number of phenols is 1. The summed E-state index contributed by atoms with van der Waals surface area (Å²) in [5, 5.41) is 81.3. The number of nitrogens with two attached hydrogens (primary N) is 4. The van der Waals surface area contributed by atoms with E-state index in [0.717, 1.165) is 36.6 Å². The third kappa shape index (κ3) is 43.0. The highest BCUT2D eigenvalue weighted by molar-refractivity contribution is 6.01. The number of rotatable bonds is 67. The van der Waals surface area contributed by atoms with E-state index in [0.29, 0.717) is 40.4 Å². The molecule has 43 nitrogen and oxygen atoms in total. The number of hydrogen-bond donors (Lipinski definition) is 27. The maximum absolute atomic E-state index is 15.4. The molecule has 13 atom stereocenters. The number of aromatic hydroxyl groups is 1. The fourth-order valence-electron chi connectivity index (χ4n) is 15.3. The summed E-state index contributed by atoms with van der Waals surface area (Å²) in [5.74, 6) is -15.8. The fraction of sp³-hybridized carbons (Fsp3) is 0.583. The van der Waals surface area contributed by atoms with Crippen LogP contribution in [0.25, 0.3) is 21.8 Å². The van der Waals surface area contributed by atoms with Crippen molar-refractivity contribution >= 4 is 128 Å². The number of amides is 16. The van der Waals surface area contributed by atoms with E-state index in [2.05, 4.69) is 107 Å². The van der Waals surface area contributed by atoms with Crippen molar-refractivity contribution in [2.75, 3.05) is 39.3 Å². The van der Waals surface area contributed by atoms with E-state index in [1.165, 1.54) is 116 Å². The second-order valence-corrected chi connectivity index (χ2v) is 36.0. The summed E-state index contributed by atoms with van der Waals surface area (Å²) in [6.45, 7) is 11.6. The minimum absolute atomic E-state index is 0.0186. The normalized spacial score (nSPS) is 14.0. The molecule has 5 rings (SSSR count). The molecule has 0 spiro atoms. The molecule has 31 N–H and O–H groups in total. The molecule has 0 saturated heterocycles. The largest absolute Gasteiger partial charge is 0.508 e. The van der Waals surface area contributed by atoms with Gasteiger partial charge in [0.25, 0.3) is 0 Å². The summed E-state index contributed by atoms with van der Waals surface area (Å²) in [6.07, 6.45) is 20.9. The van der Waals surface area contributed by atoms with Gasteiger partial charge in [0.1, 0.15) is 84.3 Å². The second-order valence-electron chi connectivity index (χ2n) is 36.0. The number of fused-ring (bicyclic) bond motifs is 2. The zero-order valence-electron chi connectivity index (χ0n) is 81.6. The number of primary amides is 1. The van der Waals surface area contributed by atoms with Crippen molar-refractivity contribution in [2.45, 2.75) is 308 Å². The molecule has 0 saturated carbocycles. The Balaban J connectivity index is 1.30. The lowest BCUT2D eigenvalue weighted by Crippen LogP contribution is -2.61. The average molecular weight is 1940 g/mol. The molecule has 0 aliphatic heterocycles. The highest BCUT2D eigenvalue weighted by Crippen LogP contribution is 2.24. The fourth-order valence-corrected chi connectivity index (χ4v) is 15.3. The quantitative estimate of drug-likeness (QED) is 0.0145. The molecule has 2 heterocycles. The van der Waals surface area contributed by atoms with E-state index < -0.39 is 211 Å². The van der Waals surface area contributed by atoms with Crippen molar-refractivity contribution in [1.82, 2.24) is 100 Å². The lowest BCUT2D eigenvalue weighted by atomic mass is 10.00. The van der Waals surface area contributed by atoms with Crippen molar-refractivity contribution in [1.29, 1.82) is 10.8 Å². The maximum Gasteiger partial charge on any atom is 0.245 e. The minimum Gasteiger partial charge on any atom is -0.508 e. The standard InChI is InChI=1S/C96H151N25O18/c1-10-11-12-13-14-15-16-17-18-19-20-21-22-23-24-40-77(124)107-53-78(125)114-74(49-63-51-105-68-35-27-25-33-66(63)68)90(135)118-75(50-64-52-106-69-36-28-26-34-67(64)69)91(136)117-73(48-62-41-43-65(123)44-42-62)89(134)116-70(37-29-30-45-97)86(131)108-54-79(126)113-71(38-31-46-103-95(99)100)87(132)110-59(7)83(128)115-72(39-32-47-104-96(101)102)88(133)111-60(8)84(129)121-81(57(4)5)94(139)119-76(55-122)92(137)112-61(9)85(130)120-80(56(2)3)93(138)109-58(6)82(98)127/h25-28,33-36,41-44,51-52,56-61,70-76,80-81,105-106,122-123H,10-24,29-32,37-40,45-50,53-55,97H2,1-9H3,(H2,98,127)(H,107,124)(H,108,131)(H,109,138)(H,110,132)(H,111,133)(H,112,137)(H,113,126)(H,114,125)(H,115,128)(H,116,134)(H,117,136)(H,118,135)(H,119,139)(H,120,130)(H,121,129)(H4,99,100,103)(H4,101,102,104)/t58-,59-,60-,61-,70-,71-,72-,73-,74-,75-,76-,80-,81-/m0/s1. The monoisotopic (exact) mass is 1940 g/mol. The van der Waals surface area contributed by atoms with Gasteiger partial charge in [-0.15, -0.1) is 0 Å². The number of hydrogen-bond acceptors (Lipinski definition) is 21. The van der Waals surface area contributed by atoms with E-state index in [1.54, 1.807) is 46.2 Å². The molecular formula is C96H151N25O18. The number of H-pyrrole nitrogens is 2. The molecule has 0 bridgehead atoms. The highest BCUT2D eigenvalue weighted by atomic mass is 16.3. The van der Waals surface area contributed by atoms with E-state index in [-0.39, 0.29) is 95.5 Å². The first-order chi connectivity index (χ1) is 66.2. The van der Waals surface area contributed by atoms with Crippen LogP contribution in [0.1, 0.15) is 227 Å². The number of benzene rings is 3. The Hall–Kier alpha value is -13.5. The Morgan fingerprint density at radius 1 is 0.345 bits per heavy atom. The van der Waals surface area contributed by atoms with Crippen LogP contribution in [0.4, 0.5) is 0 Å². The number of carbonyl (C=O) groups excluding carboxylic acids is 16. The summed E-state index contributed by atoms with van der Waals surface area (Å²) in [7, 11) is 0. The number of unbranched alkanes of at least 4 members (excludes halogenated alkanes) is 15. The van der Waals surface area contributed by atoms with Crippen LogP contribution in [0.5, 0.6) is 5.75 Å². The molecule has 0 aliphatic carbocycles. The van der Waals surface area contributed by atoms with Gasteiger partial charge in [-0.3, -0.25) is 87.5 Å². The third-order valence-corrected chi connectivity index (χ3v) is 23.6. The molecule has 768 valence electrons. The summed E-state index contributed by atoms with van der Waals surface area (Å²) in [4.78, 5) is 229. The van der Waals surface area contributed by atoms with Crippen LogP contribution in [-0.2, 0) is 96.0 Å². The van der Waals surface area contributed by atoms with Crippen molar-refractivity contribution in [3.63, 3.8) is 0 Å². The Bertz CT molecular complexity index is 4850. The molecule has 0 fully saturated rings.